The Morgan fingerprint density at radius 1 is 1.56 bits per heavy atom. The molecule has 1 fully saturated rings. The monoisotopic (exact) mass is 310 g/mol. The second-order valence-electron chi connectivity index (χ2n) is 4.74. The van der Waals surface area contributed by atoms with Crippen LogP contribution in [0, 0.1) is 0 Å². The largest absolute Gasteiger partial charge is 0.517 e. The minimum atomic E-state index is -2.00. The molecule has 0 aliphatic carbocycles. The van der Waals surface area contributed by atoms with Gasteiger partial charge in [-0.25, -0.2) is 4.79 Å². The van der Waals surface area contributed by atoms with Crippen molar-refractivity contribution >= 4 is 44.7 Å². The fraction of sp³-hybridized carbons (Fsp3) is 0.182. The van der Waals surface area contributed by atoms with E-state index in [1.54, 1.807) is 0 Å². The summed E-state index contributed by atoms with van der Waals surface area (Å²) in [6.45, 7) is 5.68. The van der Waals surface area contributed by atoms with Crippen LogP contribution < -0.4 is 5.19 Å². The summed E-state index contributed by atoms with van der Waals surface area (Å²) in [5, 5.41) is 1.48. The maximum atomic E-state index is 11.5. The first-order valence-electron chi connectivity index (χ1n) is 6.14. The molecule has 7 heteroatoms. The van der Waals surface area contributed by atoms with Gasteiger partial charge in [0.1, 0.15) is 9.28 Å². The molecule has 1 aliphatic rings. The smallest absolute Gasteiger partial charge is 0.316 e. The normalized spacial score (nSPS) is 30.2. The number of rotatable bonds is 3. The lowest BCUT2D eigenvalue weighted by Crippen LogP contribution is -2.69. The van der Waals surface area contributed by atoms with E-state index in [0.29, 0.717) is 0 Å². The van der Waals surface area contributed by atoms with Crippen LogP contribution in [0.25, 0.3) is 0 Å². The van der Waals surface area contributed by atoms with E-state index in [1.165, 1.54) is 11.3 Å². The highest BCUT2D eigenvalue weighted by Crippen LogP contribution is 2.14. The van der Waals surface area contributed by atoms with Crippen molar-refractivity contribution in [2.75, 3.05) is 6.23 Å². The zero-order valence-corrected chi connectivity index (χ0v) is 15.6. The maximum absolute atomic E-state index is 11.5. The highest BCUT2D eigenvalue weighted by molar-refractivity contribution is 7.63. The van der Waals surface area contributed by atoms with Crippen LogP contribution in [0.1, 0.15) is 0 Å². The number of hydrogen-bond donors (Lipinski definition) is 0. The summed E-state index contributed by atoms with van der Waals surface area (Å²) >= 11 is 0. The minimum Gasteiger partial charge on any atom is -0.517 e. The van der Waals surface area contributed by atoms with E-state index >= 15 is 0 Å². The Bertz CT molecular complexity index is 439. The molecule has 0 N–H and O–H groups in total. The molecule has 2 rings (SSSR count). The first-order valence-corrected chi connectivity index (χ1v) is 19.0. The number of hydrogen-bond acceptors (Lipinski definition) is 3. The third-order valence-electron chi connectivity index (χ3n) is 3.38. The summed E-state index contributed by atoms with van der Waals surface area (Å²) in [5.74, 6) is -0.265. The fourth-order valence-corrected chi connectivity index (χ4v) is 53.2. The van der Waals surface area contributed by atoms with E-state index in [2.05, 4.69) is 37.4 Å². The van der Waals surface area contributed by atoms with E-state index in [-0.39, 0.29) is 23.8 Å². The summed E-state index contributed by atoms with van der Waals surface area (Å²) in [4.78, 5) is 11.5. The van der Waals surface area contributed by atoms with Gasteiger partial charge in [-0.1, -0.05) is 42.1 Å². The van der Waals surface area contributed by atoms with Gasteiger partial charge < -0.3 is 8.85 Å². The lowest BCUT2D eigenvalue weighted by Gasteiger charge is -2.37. The molecule has 2 atom stereocenters. The number of carbonyl (C=O) groups is 1. The van der Waals surface area contributed by atoms with E-state index in [4.69, 9.17) is 8.85 Å². The Morgan fingerprint density at radius 3 is 2.94 bits per heavy atom. The van der Waals surface area contributed by atoms with Crippen molar-refractivity contribution in [1.29, 1.82) is 0 Å². The van der Waals surface area contributed by atoms with Crippen molar-refractivity contribution in [2.24, 2.45) is 0 Å². The maximum Gasteiger partial charge on any atom is 0.316 e. The second kappa shape index (κ2) is 5.93. The van der Waals surface area contributed by atoms with Crippen molar-refractivity contribution in [3.8, 4) is 0 Å². The van der Waals surface area contributed by atoms with E-state index < -0.39 is 15.7 Å². The molecule has 3 nitrogen and oxygen atoms in total. The molecule has 1 saturated heterocycles. The van der Waals surface area contributed by atoms with Gasteiger partial charge in [0, 0.05) is 14.6 Å². The van der Waals surface area contributed by atoms with Gasteiger partial charge in [-0.05, 0) is 6.55 Å². The van der Waals surface area contributed by atoms with Gasteiger partial charge in [0.05, 0.1) is 14.1 Å². The van der Waals surface area contributed by atoms with Gasteiger partial charge in [-0.3, -0.25) is 0 Å². The van der Waals surface area contributed by atoms with E-state index in [9.17, 15) is 4.79 Å². The Hall–Kier alpha value is -0.742. The topological polar surface area (TPSA) is 35.5 Å². The SMILES string of the molecule is C=CC(=O)O[Si]1(C)CO[SiH2][SiH2][SiH]1c1ccccc1. The molecule has 1 aromatic carbocycles. The standard InChI is InChI=1S/C11H18O3Si4/c1-3-11(12)14-18(2)9-13-15-16-17(18)10-7-5-4-6-8-10/h3-8,17H,1,9,15-16H2,2H3. The molecule has 0 bridgehead atoms. The first kappa shape index (κ1) is 13.7. The Balaban J connectivity index is 2.25. The van der Waals surface area contributed by atoms with Crippen molar-refractivity contribution in [2.45, 2.75) is 6.55 Å². The molecule has 1 aromatic rings. The van der Waals surface area contributed by atoms with Crippen LogP contribution in [-0.4, -0.2) is 45.7 Å². The van der Waals surface area contributed by atoms with Crippen molar-refractivity contribution in [3.63, 3.8) is 0 Å². The van der Waals surface area contributed by atoms with Crippen LogP contribution >= 0.6 is 0 Å². The summed E-state index contributed by atoms with van der Waals surface area (Å²) in [5.41, 5.74) is 0. The molecule has 96 valence electrons. The van der Waals surface area contributed by atoms with Crippen LogP contribution in [0.15, 0.2) is 43.0 Å². The van der Waals surface area contributed by atoms with E-state index in [0.717, 1.165) is 6.23 Å². The molecule has 0 aromatic heterocycles. The predicted octanol–water partition coefficient (Wildman–Crippen LogP) is -1.26. The molecule has 2 unspecified atom stereocenters. The summed E-state index contributed by atoms with van der Waals surface area (Å²) in [6, 6.07) is 10.7. The van der Waals surface area contributed by atoms with Gasteiger partial charge in [-0.2, -0.15) is 0 Å². The fourth-order valence-electron chi connectivity index (χ4n) is 2.46. The highest BCUT2D eigenvalue weighted by atomic mass is 29.8. The quantitative estimate of drug-likeness (QED) is 0.516. The van der Waals surface area contributed by atoms with Crippen LogP contribution in [-0.2, 0) is 13.6 Å². The van der Waals surface area contributed by atoms with Gasteiger partial charge in [-0.15, -0.1) is 0 Å². The molecule has 0 spiro atoms. The summed E-state index contributed by atoms with van der Waals surface area (Å²) in [7, 11) is -3.46. The Morgan fingerprint density at radius 2 is 2.28 bits per heavy atom. The van der Waals surface area contributed by atoms with E-state index in [1.807, 2.05) is 6.07 Å². The van der Waals surface area contributed by atoms with Gasteiger partial charge >= 0.3 is 5.97 Å². The molecular weight excluding hydrogens is 292 g/mol. The number of benzene rings is 1. The van der Waals surface area contributed by atoms with Gasteiger partial charge in [0.15, 0.2) is 0 Å². The zero-order chi connectivity index (χ0) is 13.0. The predicted molar refractivity (Wildman–Crippen MR) is 84.2 cm³/mol. The summed E-state index contributed by atoms with van der Waals surface area (Å²) < 4.78 is 11.5. The Labute approximate surface area is 114 Å². The molecule has 0 saturated carbocycles. The van der Waals surface area contributed by atoms with Crippen LogP contribution in [0.3, 0.4) is 0 Å². The molecule has 0 amide bonds. The minimum absolute atomic E-state index is 0.125. The average Bonchev–Trinajstić information content (AvgIpc) is 2.39. The van der Waals surface area contributed by atoms with Crippen molar-refractivity contribution in [3.05, 3.63) is 43.0 Å². The zero-order valence-electron chi connectivity index (χ0n) is 10.6. The third-order valence-corrected chi connectivity index (χ3v) is 43.1. The second-order valence-corrected chi connectivity index (χ2v) is 29.8. The van der Waals surface area contributed by atoms with Crippen LogP contribution in [0.2, 0.25) is 6.55 Å². The van der Waals surface area contributed by atoms with Gasteiger partial charge in [0.2, 0.25) is 0 Å². The van der Waals surface area contributed by atoms with Crippen LogP contribution in [0.4, 0.5) is 0 Å². The first-order chi connectivity index (χ1) is 8.65. The van der Waals surface area contributed by atoms with Crippen molar-refractivity contribution in [1.82, 2.24) is 0 Å². The lowest BCUT2D eigenvalue weighted by atomic mass is 10.4. The molecule has 0 radical (unpaired) electrons. The molecule has 1 aliphatic heterocycles. The van der Waals surface area contributed by atoms with Crippen LogP contribution in [0.5, 0.6) is 0 Å². The lowest BCUT2D eigenvalue weighted by molar-refractivity contribution is -0.129. The number of carbonyl (C=O) groups excluding carboxylic acids is 1. The average molecular weight is 311 g/mol. The molecule has 18 heavy (non-hydrogen) atoms. The highest BCUT2D eigenvalue weighted by Gasteiger charge is 2.46. The Kier molecular flexibility index (Phi) is 4.51. The van der Waals surface area contributed by atoms with Crippen molar-refractivity contribution < 1.29 is 13.6 Å². The van der Waals surface area contributed by atoms with Gasteiger partial charge in [0.25, 0.3) is 7.83 Å². The third kappa shape index (κ3) is 2.98. The molecular formula is C11H18O3Si4. The summed E-state index contributed by atoms with van der Waals surface area (Å²) in [6.07, 6.45) is 2.00. The molecule has 1 heterocycles.